The number of alkyl halides is 2. The maximum absolute atomic E-state index is 13.8. The first-order chi connectivity index (χ1) is 20.5. The Kier molecular flexibility index (Phi) is 8.04. The molecule has 1 aliphatic heterocycles. The molecule has 0 unspecified atom stereocenters. The van der Waals surface area contributed by atoms with Crippen molar-refractivity contribution in [3.8, 4) is 5.75 Å². The highest BCUT2D eigenvalue weighted by molar-refractivity contribution is 9.12. The molecule has 3 aromatic carbocycles. The van der Waals surface area contributed by atoms with Gasteiger partial charge in [-0.15, -0.1) is 0 Å². The van der Waals surface area contributed by atoms with Crippen LogP contribution in [0.5, 0.6) is 5.75 Å². The number of halogens is 3. The summed E-state index contributed by atoms with van der Waals surface area (Å²) in [4.78, 5) is 67.3. The number of Topliss-reactive ketones (excluding diaryl/α,β-unsaturated/α-hetero) is 1. The fourth-order valence-corrected chi connectivity index (χ4v) is 8.34. The Hall–Kier alpha value is -3.34. The predicted molar refractivity (Wildman–Crippen MR) is 165 cm³/mol. The van der Waals surface area contributed by atoms with E-state index in [0.717, 1.165) is 22.0 Å². The standard InChI is InChI=1S/C32H25Br2ClN2O6/c1-16-2-4-19(5-3-16)32(42)43-21-12-8-17(9-13-21)24(38)15-36(29(39)18-6-10-20(35)11-7-18)37-30(40)25-22-14-23(26(25)31(37)41)28(34)27(22)33/h2-13,22-23,25-28H,14-15H2,1H3/t22-,23-,25-,26+,27+,28+/m1/s1. The van der Waals surface area contributed by atoms with Gasteiger partial charge in [-0.1, -0.05) is 61.2 Å². The highest BCUT2D eigenvalue weighted by Gasteiger charge is 2.67. The summed E-state index contributed by atoms with van der Waals surface area (Å²) in [7, 11) is 0. The largest absolute Gasteiger partial charge is 0.423 e. The van der Waals surface area contributed by atoms with Crippen molar-refractivity contribution in [1.29, 1.82) is 0 Å². The van der Waals surface area contributed by atoms with E-state index in [1.807, 2.05) is 6.92 Å². The van der Waals surface area contributed by atoms with Gasteiger partial charge < -0.3 is 4.74 Å². The lowest BCUT2D eigenvalue weighted by atomic mass is 9.81. The third-order valence-corrected chi connectivity index (χ3v) is 12.0. The fraction of sp³-hybridized carbons (Fsp3) is 0.281. The molecular weight excluding hydrogens is 704 g/mol. The van der Waals surface area contributed by atoms with Crippen LogP contribution in [0, 0.1) is 30.6 Å². The highest BCUT2D eigenvalue weighted by Crippen LogP contribution is 2.60. The third-order valence-electron chi connectivity index (χ3n) is 8.50. The number of ether oxygens (including phenoxy) is 1. The summed E-state index contributed by atoms with van der Waals surface area (Å²) in [5, 5.41) is 2.24. The number of imide groups is 1. The lowest BCUT2D eigenvalue weighted by Gasteiger charge is -2.31. The van der Waals surface area contributed by atoms with Gasteiger partial charge in [0.25, 0.3) is 17.7 Å². The number of benzene rings is 3. The van der Waals surface area contributed by atoms with E-state index in [4.69, 9.17) is 16.3 Å². The van der Waals surface area contributed by atoms with Gasteiger partial charge in [0.2, 0.25) is 0 Å². The molecule has 2 bridgehead atoms. The molecule has 3 aliphatic rings. The average Bonchev–Trinajstić information content (AvgIpc) is 3.61. The van der Waals surface area contributed by atoms with E-state index >= 15 is 0 Å². The molecule has 0 N–H and O–H groups in total. The molecule has 11 heteroatoms. The Bertz CT molecular complexity index is 1600. The number of carbonyl (C=O) groups is 5. The number of hydrazine groups is 1. The number of fused-ring (bicyclic) bond motifs is 5. The first-order valence-electron chi connectivity index (χ1n) is 13.7. The lowest BCUT2D eigenvalue weighted by molar-refractivity contribution is -0.154. The molecule has 6 rings (SSSR count). The molecule has 2 saturated carbocycles. The van der Waals surface area contributed by atoms with E-state index in [1.165, 1.54) is 48.5 Å². The normalized spacial score (nSPS) is 25.5. The van der Waals surface area contributed by atoms with Crippen molar-refractivity contribution < 1.29 is 28.7 Å². The minimum Gasteiger partial charge on any atom is -0.423 e. The van der Waals surface area contributed by atoms with Crippen LogP contribution in [0.25, 0.3) is 0 Å². The monoisotopic (exact) mass is 726 g/mol. The number of rotatable bonds is 7. The number of nitrogens with zero attached hydrogens (tertiary/aromatic N) is 2. The molecule has 1 heterocycles. The topological polar surface area (TPSA) is 101 Å². The van der Waals surface area contributed by atoms with Crippen molar-refractivity contribution in [2.45, 2.75) is 23.0 Å². The van der Waals surface area contributed by atoms with Gasteiger partial charge in [0.1, 0.15) is 12.3 Å². The molecule has 0 aromatic heterocycles. The molecule has 220 valence electrons. The zero-order valence-corrected chi connectivity index (χ0v) is 26.7. The summed E-state index contributed by atoms with van der Waals surface area (Å²) in [6.45, 7) is 1.36. The summed E-state index contributed by atoms with van der Waals surface area (Å²) in [5.74, 6) is -3.66. The van der Waals surface area contributed by atoms with Gasteiger partial charge in [-0.05, 0) is 85.8 Å². The SMILES string of the molecule is Cc1ccc(C(=O)Oc2ccc(C(=O)CN(C(=O)c3ccc(Cl)cc3)N3C(=O)[C@@H]4[C@H]5C[C@@H]([C@H](Br)[C@H]5Br)[C@@H]4C3=O)cc2)cc1. The molecule has 3 amide bonds. The zero-order chi connectivity index (χ0) is 30.6. The molecule has 3 fully saturated rings. The quantitative estimate of drug-likeness (QED) is 0.0991. The number of hydrogen-bond donors (Lipinski definition) is 0. The van der Waals surface area contributed by atoms with Crippen LogP contribution in [0.1, 0.15) is 43.1 Å². The molecule has 6 atom stereocenters. The van der Waals surface area contributed by atoms with Crippen molar-refractivity contribution in [2.75, 3.05) is 6.54 Å². The number of amides is 3. The molecule has 3 aromatic rings. The van der Waals surface area contributed by atoms with Crippen molar-refractivity contribution >= 4 is 72.9 Å². The molecule has 0 spiro atoms. The first kappa shape index (κ1) is 29.7. The summed E-state index contributed by atoms with van der Waals surface area (Å²) in [6.07, 6.45) is 0.734. The van der Waals surface area contributed by atoms with Crippen LogP contribution in [0.4, 0.5) is 0 Å². The molecular formula is C32H25Br2ClN2O6. The van der Waals surface area contributed by atoms with Crippen molar-refractivity contribution in [2.24, 2.45) is 23.7 Å². The van der Waals surface area contributed by atoms with Crippen molar-refractivity contribution in [3.05, 3.63) is 100 Å². The number of carbonyl (C=O) groups excluding carboxylic acids is 5. The smallest absolute Gasteiger partial charge is 0.343 e. The fourth-order valence-electron chi connectivity index (χ4n) is 6.34. The Morgan fingerprint density at radius 1 is 0.814 bits per heavy atom. The van der Waals surface area contributed by atoms with Gasteiger partial charge in [0.05, 0.1) is 17.4 Å². The van der Waals surface area contributed by atoms with Crippen LogP contribution in [0.3, 0.4) is 0 Å². The maximum atomic E-state index is 13.8. The van der Waals surface area contributed by atoms with Gasteiger partial charge in [-0.25, -0.2) is 9.80 Å². The maximum Gasteiger partial charge on any atom is 0.343 e. The van der Waals surface area contributed by atoms with Crippen LogP contribution >= 0.6 is 43.5 Å². The van der Waals surface area contributed by atoms with E-state index in [-0.39, 0.29) is 38.4 Å². The summed E-state index contributed by atoms with van der Waals surface area (Å²) in [5.41, 5.74) is 1.78. The highest BCUT2D eigenvalue weighted by atomic mass is 79.9. The Morgan fingerprint density at radius 2 is 1.33 bits per heavy atom. The van der Waals surface area contributed by atoms with E-state index < -0.39 is 47.9 Å². The van der Waals surface area contributed by atoms with Gasteiger partial charge in [-0.3, -0.25) is 19.2 Å². The average molecular weight is 729 g/mol. The zero-order valence-electron chi connectivity index (χ0n) is 22.8. The van der Waals surface area contributed by atoms with E-state index in [1.54, 1.807) is 24.3 Å². The minimum absolute atomic E-state index is 0.0242. The van der Waals surface area contributed by atoms with Crippen LogP contribution < -0.4 is 4.74 Å². The molecule has 0 radical (unpaired) electrons. The van der Waals surface area contributed by atoms with Crippen LogP contribution in [0.2, 0.25) is 5.02 Å². The first-order valence-corrected chi connectivity index (χ1v) is 15.9. The Morgan fingerprint density at radius 3 is 1.88 bits per heavy atom. The van der Waals surface area contributed by atoms with Crippen LogP contribution in [-0.2, 0) is 9.59 Å². The Balaban J connectivity index is 1.24. The lowest BCUT2D eigenvalue weighted by Crippen LogP contribution is -2.52. The molecule has 1 saturated heterocycles. The Labute approximate surface area is 269 Å². The van der Waals surface area contributed by atoms with Crippen molar-refractivity contribution in [1.82, 2.24) is 10.0 Å². The second kappa shape index (κ2) is 11.6. The van der Waals surface area contributed by atoms with Gasteiger partial charge in [-0.2, -0.15) is 5.01 Å². The second-order valence-corrected chi connectivity index (χ2v) is 13.6. The van der Waals surface area contributed by atoms with E-state index in [2.05, 4.69) is 31.9 Å². The number of ketones is 1. The molecule has 8 nitrogen and oxygen atoms in total. The van der Waals surface area contributed by atoms with E-state index in [0.29, 0.717) is 10.6 Å². The van der Waals surface area contributed by atoms with Crippen LogP contribution in [0.15, 0.2) is 72.8 Å². The van der Waals surface area contributed by atoms with Crippen molar-refractivity contribution in [3.63, 3.8) is 0 Å². The third kappa shape index (κ3) is 5.34. The summed E-state index contributed by atoms with van der Waals surface area (Å²) >= 11 is 13.4. The number of aryl methyl sites for hydroxylation is 1. The van der Waals surface area contributed by atoms with E-state index in [9.17, 15) is 24.0 Å². The minimum atomic E-state index is -0.673. The van der Waals surface area contributed by atoms with Crippen LogP contribution in [-0.4, -0.2) is 55.7 Å². The molecule has 43 heavy (non-hydrogen) atoms. The van der Waals surface area contributed by atoms with Gasteiger partial charge >= 0.3 is 5.97 Å². The number of hydrogen-bond acceptors (Lipinski definition) is 6. The van der Waals surface area contributed by atoms with Gasteiger partial charge in [0, 0.05) is 25.8 Å². The molecule has 2 aliphatic carbocycles. The second-order valence-electron chi connectivity index (χ2n) is 11.1. The summed E-state index contributed by atoms with van der Waals surface area (Å²) < 4.78 is 5.43. The number of esters is 1. The summed E-state index contributed by atoms with van der Waals surface area (Å²) in [6, 6.07) is 18.9. The van der Waals surface area contributed by atoms with Gasteiger partial charge in [0.15, 0.2) is 5.78 Å². The predicted octanol–water partition coefficient (Wildman–Crippen LogP) is 5.89.